The van der Waals surface area contributed by atoms with E-state index in [-0.39, 0.29) is 17.5 Å². The molecule has 2 aromatic rings. The first-order valence-corrected chi connectivity index (χ1v) is 7.71. The predicted octanol–water partition coefficient (Wildman–Crippen LogP) is 1.01. The third-order valence-electron chi connectivity index (χ3n) is 4.05. The standard InChI is InChI=1S/C16H19N5O2/c1-17-15(22)14-9-5-6-10-20(14)16(23)13-11-21(19-18-13)12-7-3-2-4-8-12/h2-4,7-8,11,14H,5-6,9-10H2,1H3,(H,17,22). The minimum Gasteiger partial charge on any atom is -0.357 e. The van der Waals surface area contributed by atoms with Crippen LogP contribution >= 0.6 is 0 Å². The highest BCUT2D eigenvalue weighted by atomic mass is 16.2. The van der Waals surface area contributed by atoms with E-state index < -0.39 is 6.04 Å². The third kappa shape index (κ3) is 3.08. The Balaban J connectivity index is 1.82. The van der Waals surface area contributed by atoms with Crippen LogP contribution in [0.5, 0.6) is 0 Å². The molecule has 1 fully saturated rings. The van der Waals surface area contributed by atoms with E-state index in [0.29, 0.717) is 13.0 Å². The van der Waals surface area contributed by atoms with E-state index in [1.54, 1.807) is 22.8 Å². The van der Waals surface area contributed by atoms with Crippen molar-refractivity contribution in [3.63, 3.8) is 0 Å². The van der Waals surface area contributed by atoms with Gasteiger partial charge in [-0.1, -0.05) is 23.4 Å². The van der Waals surface area contributed by atoms with Crippen molar-refractivity contribution < 1.29 is 9.59 Å². The molecule has 23 heavy (non-hydrogen) atoms. The number of benzene rings is 1. The minimum atomic E-state index is -0.428. The number of likely N-dealkylation sites (tertiary alicyclic amines) is 1. The van der Waals surface area contributed by atoms with Gasteiger partial charge in [0.05, 0.1) is 11.9 Å². The smallest absolute Gasteiger partial charge is 0.276 e. The summed E-state index contributed by atoms with van der Waals surface area (Å²) in [5.41, 5.74) is 1.09. The first-order chi connectivity index (χ1) is 11.2. The van der Waals surface area contributed by atoms with Gasteiger partial charge in [-0.25, -0.2) is 4.68 Å². The van der Waals surface area contributed by atoms with Gasteiger partial charge in [-0.3, -0.25) is 9.59 Å². The number of nitrogens with one attached hydrogen (secondary N) is 1. The summed E-state index contributed by atoms with van der Waals surface area (Å²) in [5.74, 6) is -0.381. The van der Waals surface area contributed by atoms with Crippen molar-refractivity contribution in [3.8, 4) is 5.69 Å². The summed E-state index contributed by atoms with van der Waals surface area (Å²) in [6.07, 6.45) is 4.12. The lowest BCUT2D eigenvalue weighted by Gasteiger charge is -2.33. The van der Waals surface area contributed by atoms with E-state index in [2.05, 4.69) is 15.6 Å². The molecule has 1 aliphatic rings. The van der Waals surface area contributed by atoms with E-state index in [0.717, 1.165) is 18.5 Å². The Morgan fingerprint density at radius 1 is 1.22 bits per heavy atom. The van der Waals surface area contributed by atoms with Crippen LogP contribution in [0.2, 0.25) is 0 Å². The van der Waals surface area contributed by atoms with E-state index in [1.165, 1.54) is 0 Å². The van der Waals surface area contributed by atoms with Gasteiger partial charge in [-0.05, 0) is 31.4 Å². The Morgan fingerprint density at radius 2 is 2.00 bits per heavy atom. The summed E-state index contributed by atoms with van der Waals surface area (Å²) >= 11 is 0. The number of para-hydroxylation sites is 1. The highest BCUT2D eigenvalue weighted by Crippen LogP contribution is 2.19. The summed E-state index contributed by atoms with van der Waals surface area (Å²) < 4.78 is 1.56. The van der Waals surface area contributed by atoms with Gasteiger partial charge in [0.25, 0.3) is 5.91 Å². The van der Waals surface area contributed by atoms with E-state index in [9.17, 15) is 9.59 Å². The lowest BCUT2D eigenvalue weighted by atomic mass is 10.0. The molecule has 2 amide bonds. The van der Waals surface area contributed by atoms with Crippen LogP contribution in [0.15, 0.2) is 36.5 Å². The van der Waals surface area contributed by atoms with Crippen LogP contribution in [0, 0.1) is 0 Å². The Labute approximate surface area is 134 Å². The molecule has 1 aromatic carbocycles. The van der Waals surface area contributed by atoms with Crippen LogP contribution in [-0.4, -0.2) is 51.3 Å². The van der Waals surface area contributed by atoms with Crippen molar-refractivity contribution in [1.82, 2.24) is 25.2 Å². The maximum Gasteiger partial charge on any atom is 0.276 e. The molecule has 1 aliphatic heterocycles. The zero-order valence-electron chi connectivity index (χ0n) is 13.0. The number of nitrogens with zero attached hydrogens (tertiary/aromatic N) is 4. The van der Waals surface area contributed by atoms with Gasteiger partial charge in [0, 0.05) is 13.6 Å². The van der Waals surface area contributed by atoms with Crippen LogP contribution in [0.1, 0.15) is 29.8 Å². The largest absolute Gasteiger partial charge is 0.357 e. The highest BCUT2D eigenvalue weighted by Gasteiger charge is 2.33. The molecule has 1 aromatic heterocycles. The average Bonchev–Trinajstić information content (AvgIpc) is 3.11. The summed E-state index contributed by atoms with van der Waals surface area (Å²) in [6, 6.07) is 9.04. The van der Waals surface area contributed by atoms with Crippen LogP contribution in [0.25, 0.3) is 5.69 Å². The van der Waals surface area contributed by atoms with Gasteiger partial charge >= 0.3 is 0 Å². The Kier molecular flexibility index (Phi) is 4.36. The second-order valence-corrected chi connectivity index (χ2v) is 5.51. The Bertz CT molecular complexity index is 698. The van der Waals surface area contributed by atoms with Crippen LogP contribution in [0.3, 0.4) is 0 Å². The van der Waals surface area contributed by atoms with Crippen molar-refractivity contribution in [1.29, 1.82) is 0 Å². The first kappa shape index (κ1) is 15.2. The molecule has 2 heterocycles. The number of rotatable bonds is 3. The number of aromatic nitrogens is 3. The molecule has 120 valence electrons. The van der Waals surface area contributed by atoms with E-state index in [4.69, 9.17) is 0 Å². The monoisotopic (exact) mass is 313 g/mol. The number of piperidine rings is 1. The van der Waals surface area contributed by atoms with Gasteiger partial charge in [-0.2, -0.15) is 0 Å². The fourth-order valence-electron chi connectivity index (χ4n) is 2.83. The quantitative estimate of drug-likeness (QED) is 0.917. The molecular weight excluding hydrogens is 294 g/mol. The van der Waals surface area contributed by atoms with Crippen LogP contribution in [-0.2, 0) is 4.79 Å². The number of carbonyl (C=O) groups excluding carboxylic acids is 2. The molecule has 0 radical (unpaired) electrons. The van der Waals surface area contributed by atoms with E-state index >= 15 is 0 Å². The number of amides is 2. The summed E-state index contributed by atoms with van der Waals surface area (Å²) in [7, 11) is 1.59. The lowest BCUT2D eigenvalue weighted by Crippen LogP contribution is -2.51. The highest BCUT2D eigenvalue weighted by molar-refractivity contribution is 5.96. The molecule has 7 heteroatoms. The van der Waals surface area contributed by atoms with Gasteiger partial charge < -0.3 is 10.2 Å². The minimum absolute atomic E-state index is 0.131. The van der Waals surface area contributed by atoms with Gasteiger partial charge in [0.2, 0.25) is 5.91 Å². The van der Waals surface area contributed by atoms with E-state index in [1.807, 2.05) is 30.3 Å². The normalized spacial score (nSPS) is 17.8. The number of carbonyl (C=O) groups is 2. The van der Waals surface area contributed by atoms with Crippen LogP contribution in [0.4, 0.5) is 0 Å². The zero-order valence-corrected chi connectivity index (χ0v) is 13.0. The molecule has 0 spiro atoms. The molecule has 1 unspecified atom stereocenters. The fourth-order valence-corrected chi connectivity index (χ4v) is 2.83. The fraction of sp³-hybridized carbons (Fsp3) is 0.375. The van der Waals surface area contributed by atoms with Crippen molar-refractivity contribution in [2.24, 2.45) is 0 Å². The third-order valence-corrected chi connectivity index (χ3v) is 4.05. The van der Waals surface area contributed by atoms with Gasteiger partial charge in [0.1, 0.15) is 6.04 Å². The second kappa shape index (κ2) is 6.60. The molecule has 3 rings (SSSR count). The van der Waals surface area contributed by atoms with Crippen molar-refractivity contribution in [3.05, 3.63) is 42.2 Å². The predicted molar refractivity (Wildman–Crippen MR) is 84.1 cm³/mol. The zero-order chi connectivity index (χ0) is 16.2. The van der Waals surface area contributed by atoms with Gasteiger partial charge in [0.15, 0.2) is 5.69 Å². The topological polar surface area (TPSA) is 80.1 Å². The number of hydrogen-bond acceptors (Lipinski definition) is 4. The summed E-state index contributed by atoms with van der Waals surface area (Å²) in [5, 5.41) is 10.6. The van der Waals surface area contributed by atoms with Crippen molar-refractivity contribution >= 4 is 11.8 Å². The molecule has 1 saturated heterocycles. The van der Waals surface area contributed by atoms with Gasteiger partial charge in [-0.15, -0.1) is 5.10 Å². The molecule has 0 aliphatic carbocycles. The SMILES string of the molecule is CNC(=O)C1CCCCN1C(=O)c1cn(-c2ccccc2)nn1. The number of likely N-dealkylation sites (N-methyl/N-ethyl adjacent to an activating group) is 1. The van der Waals surface area contributed by atoms with Crippen LogP contribution < -0.4 is 5.32 Å². The summed E-state index contributed by atoms with van der Waals surface area (Å²) in [4.78, 5) is 26.3. The number of hydrogen-bond donors (Lipinski definition) is 1. The average molecular weight is 313 g/mol. The lowest BCUT2D eigenvalue weighted by molar-refractivity contribution is -0.126. The maximum atomic E-state index is 12.7. The van der Waals surface area contributed by atoms with Crippen molar-refractivity contribution in [2.45, 2.75) is 25.3 Å². The molecule has 1 N–H and O–H groups in total. The van der Waals surface area contributed by atoms with Crippen molar-refractivity contribution in [2.75, 3.05) is 13.6 Å². The first-order valence-electron chi connectivity index (χ1n) is 7.71. The molecule has 7 nitrogen and oxygen atoms in total. The summed E-state index contributed by atoms with van der Waals surface area (Å²) in [6.45, 7) is 0.565. The Morgan fingerprint density at radius 3 is 2.74 bits per heavy atom. The Hall–Kier alpha value is -2.70. The second-order valence-electron chi connectivity index (χ2n) is 5.51. The molecular formula is C16H19N5O2. The molecule has 1 atom stereocenters. The maximum absolute atomic E-state index is 12.7. The molecule has 0 bridgehead atoms. The molecule has 0 saturated carbocycles.